The van der Waals surface area contributed by atoms with Gasteiger partial charge < -0.3 is 9.80 Å². The van der Waals surface area contributed by atoms with Crippen molar-refractivity contribution in [2.75, 3.05) is 47.3 Å². The maximum atomic E-state index is 12.4. The number of nitrogens with zero attached hydrogens (tertiary/aromatic N) is 5. The van der Waals surface area contributed by atoms with Crippen molar-refractivity contribution < 1.29 is 4.79 Å². The Labute approximate surface area is 133 Å². The van der Waals surface area contributed by atoms with Gasteiger partial charge >= 0.3 is 0 Å². The highest BCUT2D eigenvalue weighted by molar-refractivity contribution is 5.78. The summed E-state index contributed by atoms with van der Waals surface area (Å²) in [6.07, 6.45) is 1.86. The third kappa shape index (κ3) is 4.08. The fourth-order valence-electron chi connectivity index (χ4n) is 3.07. The fourth-order valence-corrected chi connectivity index (χ4v) is 3.07. The summed E-state index contributed by atoms with van der Waals surface area (Å²) in [6.45, 7) is 8.75. The van der Waals surface area contributed by atoms with Gasteiger partial charge in [0, 0.05) is 59.1 Å². The molecule has 0 aliphatic carbocycles. The summed E-state index contributed by atoms with van der Waals surface area (Å²) in [7, 11) is 5.77. The highest BCUT2D eigenvalue weighted by atomic mass is 16.2. The quantitative estimate of drug-likeness (QED) is 0.830. The number of hydrogen-bond acceptors (Lipinski definition) is 4. The van der Waals surface area contributed by atoms with Crippen molar-refractivity contribution in [3.05, 3.63) is 18.0 Å². The maximum Gasteiger partial charge on any atom is 0.227 e. The van der Waals surface area contributed by atoms with Gasteiger partial charge in [0.25, 0.3) is 0 Å². The monoisotopic (exact) mass is 307 g/mol. The van der Waals surface area contributed by atoms with Crippen LogP contribution in [0.1, 0.15) is 25.6 Å². The summed E-state index contributed by atoms with van der Waals surface area (Å²) in [6, 6.07) is 2.44. The molecule has 1 aliphatic heterocycles. The molecule has 1 saturated heterocycles. The Morgan fingerprint density at radius 1 is 1.36 bits per heavy atom. The van der Waals surface area contributed by atoms with Crippen LogP contribution in [0.15, 0.2) is 12.3 Å². The van der Waals surface area contributed by atoms with Crippen LogP contribution in [-0.4, -0.2) is 77.7 Å². The molecule has 0 saturated carbocycles. The van der Waals surface area contributed by atoms with Gasteiger partial charge in [-0.15, -0.1) is 0 Å². The van der Waals surface area contributed by atoms with Crippen molar-refractivity contribution in [2.45, 2.75) is 26.4 Å². The summed E-state index contributed by atoms with van der Waals surface area (Å²) in [5, 5.41) is 4.41. The van der Waals surface area contributed by atoms with Crippen LogP contribution in [0.3, 0.4) is 0 Å². The Kier molecular flexibility index (Phi) is 5.58. The first kappa shape index (κ1) is 17.0. The van der Waals surface area contributed by atoms with E-state index in [1.807, 2.05) is 20.3 Å². The highest BCUT2D eigenvalue weighted by Crippen LogP contribution is 2.15. The zero-order chi connectivity index (χ0) is 16.3. The second-order valence-corrected chi connectivity index (χ2v) is 6.79. The molecule has 0 unspecified atom stereocenters. The summed E-state index contributed by atoms with van der Waals surface area (Å²) in [5.74, 6) is 0.258. The Morgan fingerprint density at radius 3 is 2.73 bits per heavy atom. The van der Waals surface area contributed by atoms with Gasteiger partial charge in [0.15, 0.2) is 0 Å². The van der Waals surface area contributed by atoms with Crippen LogP contribution < -0.4 is 0 Å². The molecule has 1 atom stereocenters. The molecule has 22 heavy (non-hydrogen) atoms. The second-order valence-electron chi connectivity index (χ2n) is 6.79. The molecule has 0 bridgehead atoms. The molecule has 2 heterocycles. The van der Waals surface area contributed by atoms with Crippen LogP contribution in [0.4, 0.5) is 0 Å². The zero-order valence-electron chi connectivity index (χ0n) is 14.5. The number of carbonyl (C=O) groups is 1. The number of hydrogen-bond donors (Lipinski definition) is 0. The normalized spacial score (nSPS) is 21.1. The Bertz CT molecular complexity index is 496. The van der Waals surface area contributed by atoms with Crippen LogP contribution in [-0.2, 0) is 11.3 Å². The lowest BCUT2D eigenvalue weighted by Crippen LogP contribution is -2.40. The van der Waals surface area contributed by atoms with E-state index >= 15 is 0 Å². The van der Waals surface area contributed by atoms with Crippen LogP contribution >= 0.6 is 0 Å². The number of amides is 1. The van der Waals surface area contributed by atoms with Crippen molar-refractivity contribution in [1.29, 1.82) is 0 Å². The molecule has 0 aromatic carbocycles. The largest absolute Gasteiger partial charge is 0.348 e. The minimum Gasteiger partial charge on any atom is -0.348 e. The predicted octanol–water partition coefficient (Wildman–Crippen LogP) is 0.916. The van der Waals surface area contributed by atoms with Crippen molar-refractivity contribution in [3.63, 3.8) is 0 Å². The smallest absolute Gasteiger partial charge is 0.227 e. The molecular formula is C16H29N5O. The average Bonchev–Trinajstić information content (AvgIpc) is 2.83. The van der Waals surface area contributed by atoms with Crippen LogP contribution in [0.5, 0.6) is 0 Å². The molecule has 1 aromatic heterocycles. The van der Waals surface area contributed by atoms with Crippen LogP contribution in [0, 0.1) is 5.92 Å². The van der Waals surface area contributed by atoms with E-state index in [9.17, 15) is 4.79 Å². The SMILES string of the molecule is CC(C)n1nccc1CN1CCN(C)C[C@H](C(=O)N(C)C)C1. The summed E-state index contributed by atoms with van der Waals surface area (Å²) in [5.41, 5.74) is 1.22. The van der Waals surface area contributed by atoms with E-state index in [1.165, 1.54) is 5.69 Å². The van der Waals surface area contributed by atoms with Crippen molar-refractivity contribution in [1.82, 2.24) is 24.5 Å². The number of rotatable bonds is 4. The summed E-state index contributed by atoms with van der Waals surface area (Å²) < 4.78 is 2.07. The number of carbonyl (C=O) groups excluding carboxylic acids is 1. The van der Waals surface area contributed by atoms with Gasteiger partial charge in [0.05, 0.1) is 11.6 Å². The van der Waals surface area contributed by atoms with Gasteiger partial charge in [-0.25, -0.2) is 0 Å². The molecule has 1 fully saturated rings. The van der Waals surface area contributed by atoms with Gasteiger partial charge in [0.1, 0.15) is 0 Å². The lowest BCUT2D eigenvalue weighted by molar-refractivity contribution is -0.133. The van der Waals surface area contributed by atoms with Crippen molar-refractivity contribution in [2.24, 2.45) is 5.92 Å². The lowest BCUT2D eigenvalue weighted by atomic mass is 10.1. The predicted molar refractivity (Wildman–Crippen MR) is 87.6 cm³/mol. The second kappa shape index (κ2) is 7.24. The van der Waals surface area contributed by atoms with Crippen molar-refractivity contribution >= 4 is 5.91 Å². The summed E-state index contributed by atoms with van der Waals surface area (Å²) in [4.78, 5) is 18.7. The molecule has 1 aromatic rings. The van der Waals surface area contributed by atoms with E-state index in [0.717, 1.165) is 32.7 Å². The van der Waals surface area contributed by atoms with Gasteiger partial charge in [-0.05, 0) is 27.0 Å². The number of likely N-dealkylation sites (N-methyl/N-ethyl adjacent to an activating group) is 1. The van der Waals surface area contributed by atoms with Gasteiger partial charge in [-0.1, -0.05) is 0 Å². The first-order chi connectivity index (χ1) is 10.4. The standard InChI is InChI=1S/C16H29N5O/c1-13(2)21-15(6-7-17-21)12-20-9-8-19(5)10-14(11-20)16(22)18(3)4/h6-7,13-14H,8-12H2,1-5H3/t14-/m0/s1. The topological polar surface area (TPSA) is 44.6 Å². The van der Waals surface area contributed by atoms with E-state index in [4.69, 9.17) is 0 Å². The minimum absolute atomic E-state index is 0.0397. The maximum absolute atomic E-state index is 12.4. The minimum atomic E-state index is 0.0397. The number of aromatic nitrogens is 2. The molecule has 124 valence electrons. The van der Waals surface area contributed by atoms with E-state index in [2.05, 4.69) is 46.5 Å². The molecule has 0 radical (unpaired) electrons. The Morgan fingerprint density at radius 2 is 2.09 bits per heavy atom. The van der Waals surface area contributed by atoms with Crippen LogP contribution in [0.25, 0.3) is 0 Å². The third-order valence-electron chi connectivity index (χ3n) is 4.23. The fraction of sp³-hybridized carbons (Fsp3) is 0.750. The Balaban J connectivity index is 2.09. The van der Waals surface area contributed by atoms with E-state index < -0.39 is 0 Å². The van der Waals surface area contributed by atoms with Gasteiger partial charge in [-0.2, -0.15) is 5.10 Å². The molecule has 2 rings (SSSR count). The van der Waals surface area contributed by atoms with E-state index in [-0.39, 0.29) is 11.8 Å². The first-order valence-corrected chi connectivity index (χ1v) is 8.03. The molecule has 6 heteroatoms. The van der Waals surface area contributed by atoms with Crippen molar-refractivity contribution in [3.8, 4) is 0 Å². The Hall–Kier alpha value is -1.40. The molecule has 0 N–H and O–H groups in total. The van der Waals surface area contributed by atoms with E-state index in [0.29, 0.717) is 6.04 Å². The molecule has 6 nitrogen and oxygen atoms in total. The zero-order valence-corrected chi connectivity index (χ0v) is 14.5. The highest BCUT2D eigenvalue weighted by Gasteiger charge is 2.28. The first-order valence-electron chi connectivity index (χ1n) is 8.03. The molecule has 0 spiro atoms. The molecule has 1 amide bonds. The average molecular weight is 307 g/mol. The van der Waals surface area contributed by atoms with E-state index in [1.54, 1.807) is 4.90 Å². The molecular weight excluding hydrogens is 278 g/mol. The van der Waals surface area contributed by atoms with Gasteiger partial charge in [0.2, 0.25) is 5.91 Å². The van der Waals surface area contributed by atoms with Gasteiger partial charge in [-0.3, -0.25) is 14.4 Å². The third-order valence-corrected chi connectivity index (χ3v) is 4.23. The lowest BCUT2D eigenvalue weighted by Gasteiger charge is -2.26. The molecule has 1 aliphatic rings. The van der Waals surface area contributed by atoms with Crippen LogP contribution in [0.2, 0.25) is 0 Å². The summed E-state index contributed by atoms with van der Waals surface area (Å²) >= 11 is 0.